The molecule has 0 aliphatic heterocycles. The summed E-state index contributed by atoms with van der Waals surface area (Å²) in [4.78, 5) is 1.79. The number of hydrogen-bond donors (Lipinski definition) is 1. The molecule has 1 N–H and O–H groups in total. The van der Waals surface area contributed by atoms with Gasteiger partial charge in [0.05, 0.1) is 12.6 Å². The second-order valence-corrected chi connectivity index (χ2v) is 5.84. The second-order valence-electron chi connectivity index (χ2n) is 5.84. The molecule has 17 heavy (non-hydrogen) atoms. The molecule has 0 saturated heterocycles. The fourth-order valence-corrected chi connectivity index (χ4v) is 3.90. The molecule has 0 amide bonds. The van der Waals surface area contributed by atoms with Crippen molar-refractivity contribution in [2.75, 3.05) is 13.6 Å². The Morgan fingerprint density at radius 2 is 1.94 bits per heavy atom. The fourth-order valence-electron chi connectivity index (χ4n) is 3.90. The van der Waals surface area contributed by atoms with E-state index in [-0.39, 0.29) is 24.1 Å². The summed E-state index contributed by atoms with van der Waals surface area (Å²) in [6.45, 7) is -0.168. The molecular formula is C13H23F2NO. The second kappa shape index (κ2) is 5.19. The quantitative estimate of drug-likeness (QED) is 0.828. The van der Waals surface area contributed by atoms with Gasteiger partial charge in [-0.05, 0) is 44.6 Å². The number of hydrogen-bond acceptors (Lipinski definition) is 2. The zero-order valence-electron chi connectivity index (χ0n) is 10.5. The Kier molecular flexibility index (Phi) is 4.03. The minimum atomic E-state index is -2.28. The number of nitrogens with zero attached hydrogens (tertiary/aromatic N) is 1. The van der Waals surface area contributed by atoms with E-state index >= 15 is 0 Å². The average Bonchev–Trinajstić information content (AvgIpc) is 2.70. The molecule has 4 heteroatoms. The van der Waals surface area contributed by atoms with Crippen LogP contribution in [0.15, 0.2) is 0 Å². The summed E-state index contributed by atoms with van der Waals surface area (Å²) >= 11 is 0. The minimum absolute atomic E-state index is 0.141. The number of alkyl halides is 2. The molecule has 0 aromatic rings. The lowest BCUT2D eigenvalue weighted by molar-refractivity contribution is -0.0344. The van der Waals surface area contributed by atoms with Gasteiger partial charge in [-0.3, -0.25) is 4.90 Å². The van der Waals surface area contributed by atoms with E-state index in [0.29, 0.717) is 6.42 Å². The Bertz CT molecular complexity index is 254. The number of aliphatic hydroxyl groups is 1. The van der Waals surface area contributed by atoms with Gasteiger partial charge in [-0.25, -0.2) is 8.78 Å². The monoisotopic (exact) mass is 247 g/mol. The smallest absolute Gasteiger partial charge is 0.251 e. The molecule has 2 atom stereocenters. The highest BCUT2D eigenvalue weighted by Gasteiger charge is 2.46. The Morgan fingerprint density at radius 3 is 2.53 bits per heavy atom. The van der Waals surface area contributed by atoms with Crippen LogP contribution < -0.4 is 0 Å². The van der Waals surface area contributed by atoms with E-state index < -0.39 is 6.43 Å². The highest BCUT2D eigenvalue weighted by Crippen LogP contribution is 2.50. The molecular weight excluding hydrogens is 224 g/mol. The molecule has 2 nitrogen and oxygen atoms in total. The summed E-state index contributed by atoms with van der Waals surface area (Å²) in [5.74, 6) is 0. The predicted molar refractivity (Wildman–Crippen MR) is 63.2 cm³/mol. The molecule has 100 valence electrons. The van der Waals surface area contributed by atoms with Crippen LogP contribution in [0.25, 0.3) is 0 Å². The first-order valence-corrected chi connectivity index (χ1v) is 6.70. The summed E-state index contributed by atoms with van der Waals surface area (Å²) in [6, 6.07) is 0.141. The lowest BCUT2D eigenvalue weighted by atomic mass is 9.67. The summed E-state index contributed by atoms with van der Waals surface area (Å²) in [7, 11) is 1.79. The van der Waals surface area contributed by atoms with Crippen LogP contribution in [-0.2, 0) is 0 Å². The van der Waals surface area contributed by atoms with Crippen LogP contribution in [0.2, 0.25) is 0 Å². The third-order valence-corrected chi connectivity index (χ3v) is 4.74. The Labute approximate surface area is 102 Å². The predicted octanol–water partition coefficient (Wildman–Crippen LogP) is 2.66. The van der Waals surface area contributed by atoms with Crippen LogP contribution in [0.5, 0.6) is 0 Å². The number of rotatable bonds is 3. The van der Waals surface area contributed by atoms with Gasteiger partial charge >= 0.3 is 0 Å². The summed E-state index contributed by atoms with van der Waals surface area (Å²) in [5, 5.41) is 9.79. The fraction of sp³-hybridized carbons (Fsp3) is 1.00. The summed E-state index contributed by atoms with van der Waals surface area (Å²) in [6.07, 6.45) is 4.68. The van der Waals surface area contributed by atoms with Crippen LogP contribution in [0.1, 0.15) is 44.9 Å². The summed E-state index contributed by atoms with van der Waals surface area (Å²) < 4.78 is 25.0. The maximum absolute atomic E-state index is 12.5. The van der Waals surface area contributed by atoms with Crippen molar-refractivity contribution >= 4 is 0 Å². The zero-order chi connectivity index (χ0) is 12.5. The van der Waals surface area contributed by atoms with E-state index in [1.807, 2.05) is 0 Å². The van der Waals surface area contributed by atoms with E-state index in [0.717, 1.165) is 25.7 Å². The van der Waals surface area contributed by atoms with Gasteiger partial charge in [0.25, 0.3) is 6.43 Å². The first kappa shape index (κ1) is 13.2. The molecule has 2 unspecified atom stereocenters. The first-order chi connectivity index (χ1) is 8.03. The lowest BCUT2D eigenvalue weighted by Gasteiger charge is -2.47. The zero-order valence-corrected chi connectivity index (χ0v) is 10.5. The van der Waals surface area contributed by atoms with Crippen molar-refractivity contribution < 1.29 is 13.9 Å². The Hall–Kier alpha value is -0.220. The van der Waals surface area contributed by atoms with Gasteiger partial charge in [0.15, 0.2) is 0 Å². The normalized spacial score (nSPS) is 32.8. The van der Waals surface area contributed by atoms with Crippen molar-refractivity contribution in [1.82, 2.24) is 4.90 Å². The third kappa shape index (κ3) is 2.79. The Balaban J connectivity index is 2.08. The number of aliphatic hydroxyl groups excluding tert-OH is 1. The molecule has 0 aromatic heterocycles. The van der Waals surface area contributed by atoms with E-state index in [2.05, 4.69) is 0 Å². The van der Waals surface area contributed by atoms with Gasteiger partial charge in [0.2, 0.25) is 0 Å². The lowest BCUT2D eigenvalue weighted by Crippen LogP contribution is -2.51. The highest BCUT2D eigenvalue weighted by atomic mass is 19.3. The van der Waals surface area contributed by atoms with Crippen molar-refractivity contribution in [1.29, 1.82) is 0 Å². The maximum atomic E-state index is 12.5. The van der Waals surface area contributed by atoms with Gasteiger partial charge in [-0.2, -0.15) is 0 Å². The van der Waals surface area contributed by atoms with Crippen LogP contribution in [-0.4, -0.2) is 42.2 Å². The topological polar surface area (TPSA) is 23.5 Å². The molecule has 2 aliphatic carbocycles. The largest absolute Gasteiger partial charge is 0.393 e. The minimum Gasteiger partial charge on any atom is -0.393 e. The van der Waals surface area contributed by atoms with Crippen LogP contribution in [0, 0.1) is 5.41 Å². The van der Waals surface area contributed by atoms with E-state index in [4.69, 9.17) is 0 Å². The van der Waals surface area contributed by atoms with Gasteiger partial charge in [-0.15, -0.1) is 0 Å². The molecule has 0 heterocycles. The van der Waals surface area contributed by atoms with Crippen molar-refractivity contribution in [2.24, 2.45) is 5.41 Å². The maximum Gasteiger partial charge on any atom is 0.251 e. The molecule has 2 rings (SSSR count). The Morgan fingerprint density at radius 1 is 1.29 bits per heavy atom. The molecule has 2 aliphatic rings. The third-order valence-electron chi connectivity index (χ3n) is 4.74. The molecule has 0 aromatic carbocycles. The van der Waals surface area contributed by atoms with Gasteiger partial charge in [-0.1, -0.05) is 12.8 Å². The van der Waals surface area contributed by atoms with E-state index in [1.165, 1.54) is 12.8 Å². The van der Waals surface area contributed by atoms with Crippen molar-refractivity contribution in [3.63, 3.8) is 0 Å². The SMILES string of the molecule is CN(CC(F)F)C1CC(O)CCC12CCCC2. The van der Waals surface area contributed by atoms with Gasteiger partial charge in [0, 0.05) is 6.04 Å². The molecule has 2 saturated carbocycles. The molecule has 0 radical (unpaired) electrons. The summed E-state index contributed by atoms with van der Waals surface area (Å²) in [5.41, 5.74) is 0.211. The molecule has 2 fully saturated rings. The number of halogens is 2. The molecule has 0 bridgehead atoms. The van der Waals surface area contributed by atoms with Gasteiger partial charge < -0.3 is 5.11 Å². The average molecular weight is 247 g/mol. The van der Waals surface area contributed by atoms with Crippen molar-refractivity contribution in [3.05, 3.63) is 0 Å². The van der Waals surface area contributed by atoms with Gasteiger partial charge in [0.1, 0.15) is 0 Å². The molecule has 1 spiro atoms. The van der Waals surface area contributed by atoms with E-state index in [9.17, 15) is 13.9 Å². The van der Waals surface area contributed by atoms with Crippen LogP contribution in [0.3, 0.4) is 0 Å². The van der Waals surface area contributed by atoms with Crippen molar-refractivity contribution in [3.8, 4) is 0 Å². The highest BCUT2D eigenvalue weighted by molar-refractivity contribution is 4.99. The van der Waals surface area contributed by atoms with Crippen LogP contribution in [0.4, 0.5) is 8.78 Å². The van der Waals surface area contributed by atoms with E-state index in [1.54, 1.807) is 11.9 Å². The standard InChI is InChI=1S/C13H23F2NO/c1-16(9-12(14)15)11-8-10(17)4-7-13(11)5-2-3-6-13/h10-12,17H,2-9H2,1H3. The van der Waals surface area contributed by atoms with Crippen LogP contribution >= 0.6 is 0 Å². The first-order valence-electron chi connectivity index (χ1n) is 6.70. The van der Waals surface area contributed by atoms with Crippen molar-refractivity contribution in [2.45, 2.75) is 63.5 Å².